The third-order valence-corrected chi connectivity index (χ3v) is 4.51. The Labute approximate surface area is 168 Å². The second-order valence-electron chi connectivity index (χ2n) is 6.86. The van der Waals surface area contributed by atoms with E-state index in [4.69, 9.17) is 4.74 Å². The Morgan fingerprint density at radius 1 is 1.07 bits per heavy atom. The molecule has 0 saturated carbocycles. The topological polar surface area (TPSA) is 91.5 Å². The van der Waals surface area contributed by atoms with Gasteiger partial charge in [-0.15, -0.1) is 0 Å². The van der Waals surface area contributed by atoms with Crippen molar-refractivity contribution in [3.05, 3.63) is 65.9 Å². The molecule has 3 aromatic rings. The van der Waals surface area contributed by atoms with Crippen molar-refractivity contribution >= 4 is 34.4 Å². The average Bonchev–Trinajstić information content (AvgIpc) is 3.10. The lowest BCUT2D eigenvalue weighted by Crippen LogP contribution is -2.37. The number of hydrogen-bond acceptors (Lipinski definition) is 4. The minimum atomic E-state index is -0.499. The predicted molar refractivity (Wildman–Crippen MR) is 110 cm³/mol. The third-order valence-electron chi connectivity index (χ3n) is 4.51. The number of esters is 1. The van der Waals surface area contributed by atoms with Crippen LogP contribution in [-0.2, 0) is 25.5 Å². The number of carbonyl (C=O) groups excluding carboxylic acids is 3. The molecular weight excluding hydrogens is 370 g/mol. The SMILES string of the molecule is Cc1ccc(NC(=O)CN(C)C(=O)COC(=O)Cc2c[nH]c3ccccc23)cc1. The Kier molecular flexibility index (Phi) is 6.29. The first kappa shape index (κ1) is 20.1. The van der Waals surface area contributed by atoms with Gasteiger partial charge < -0.3 is 19.9 Å². The molecule has 0 fully saturated rings. The highest BCUT2D eigenvalue weighted by Crippen LogP contribution is 2.18. The molecule has 1 aromatic heterocycles. The molecule has 2 aromatic carbocycles. The molecule has 2 N–H and O–H groups in total. The maximum absolute atomic E-state index is 12.2. The number of hydrogen-bond donors (Lipinski definition) is 2. The molecular formula is C22H23N3O4. The monoisotopic (exact) mass is 393 g/mol. The number of H-pyrrole nitrogens is 1. The van der Waals surface area contributed by atoms with Crippen molar-refractivity contribution in [2.75, 3.05) is 25.5 Å². The molecule has 0 saturated heterocycles. The minimum absolute atomic E-state index is 0.0644. The molecule has 1 heterocycles. The number of nitrogens with one attached hydrogen (secondary N) is 2. The highest BCUT2D eigenvalue weighted by atomic mass is 16.5. The highest BCUT2D eigenvalue weighted by Gasteiger charge is 2.16. The number of fused-ring (bicyclic) bond motifs is 1. The number of anilines is 1. The van der Waals surface area contributed by atoms with Crippen LogP contribution in [0.5, 0.6) is 0 Å². The van der Waals surface area contributed by atoms with E-state index in [1.807, 2.05) is 43.3 Å². The molecule has 150 valence electrons. The van der Waals surface area contributed by atoms with E-state index in [0.29, 0.717) is 5.69 Å². The van der Waals surface area contributed by atoms with Crippen molar-refractivity contribution in [2.45, 2.75) is 13.3 Å². The van der Waals surface area contributed by atoms with Gasteiger partial charge in [0.15, 0.2) is 6.61 Å². The van der Waals surface area contributed by atoms with Crippen molar-refractivity contribution in [2.24, 2.45) is 0 Å². The van der Waals surface area contributed by atoms with Gasteiger partial charge in [-0.25, -0.2) is 0 Å². The van der Waals surface area contributed by atoms with Crippen molar-refractivity contribution in [1.82, 2.24) is 9.88 Å². The molecule has 7 nitrogen and oxygen atoms in total. The van der Waals surface area contributed by atoms with Gasteiger partial charge in [-0.3, -0.25) is 14.4 Å². The second kappa shape index (κ2) is 9.05. The third kappa shape index (κ3) is 5.44. The highest BCUT2D eigenvalue weighted by molar-refractivity contribution is 5.95. The van der Waals surface area contributed by atoms with Crippen LogP contribution in [0.2, 0.25) is 0 Å². The van der Waals surface area contributed by atoms with E-state index in [1.54, 1.807) is 18.3 Å². The van der Waals surface area contributed by atoms with E-state index in [-0.39, 0.29) is 18.9 Å². The van der Waals surface area contributed by atoms with E-state index in [0.717, 1.165) is 22.0 Å². The zero-order valence-corrected chi connectivity index (χ0v) is 16.4. The molecule has 29 heavy (non-hydrogen) atoms. The summed E-state index contributed by atoms with van der Waals surface area (Å²) in [6.07, 6.45) is 1.82. The summed E-state index contributed by atoms with van der Waals surface area (Å²) in [7, 11) is 1.49. The average molecular weight is 393 g/mol. The summed E-state index contributed by atoms with van der Waals surface area (Å²) in [4.78, 5) is 40.6. The van der Waals surface area contributed by atoms with Crippen molar-refractivity contribution < 1.29 is 19.1 Å². The maximum atomic E-state index is 12.2. The molecule has 2 amide bonds. The molecule has 0 aliphatic heterocycles. The summed E-state index contributed by atoms with van der Waals surface area (Å²) in [5.41, 5.74) is 3.49. The number of aromatic amines is 1. The Morgan fingerprint density at radius 3 is 2.55 bits per heavy atom. The summed E-state index contributed by atoms with van der Waals surface area (Å²) in [6, 6.07) is 15.0. The first-order valence-electron chi connectivity index (χ1n) is 9.23. The number of nitrogens with zero attached hydrogens (tertiary/aromatic N) is 1. The van der Waals surface area contributed by atoms with Gasteiger partial charge in [-0.1, -0.05) is 35.9 Å². The van der Waals surface area contributed by atoms with Gasteiger partial charge in [0.1, 0.15) is 0 Å². The van der Waals surface area contributed by atoms with E-state index in [9.17, 15) is 14.4 Å². The number of rotatable bonds is 7. The molecule has 3 rings (SSSR count). The second-order valence-corrected chi connectivity index (χ2v) is 6.86. The Morgan fingerprint density at radius 2 is 1.79 bits per heavy atom. The first-order chi connectivity index (χ1) is 13.9. The fourth-order valence-corrected chi connectivity index (χ4v) is 2.88. The lowest BCUT2D eigenvalue weighted by atomic mass is 10.1. The van der Waals surface area contributed by atoms with Crippen LogP contribution in [-0.4, -0.2) is 47.9 Å². The molecule has 0 unspecified atom stereocenters. The number of benzene rings is 2. The van der Waals surface area contributed by atoms with Crippen LogP contribution in [0.15, 0.2) is 54.7 Å². The zero-order chi connectivity index (χ0) is 20.8. The molecule has 0 bridgehead atoms. The molecule has 7 heteroatoms. The van der Waals surface area contributed by atoms with Crippen LogP contribution in [0.25, 0.3) is 10.9 Å². The maximum Gasteiger partial charge on any atom is 0.310 e. The number of ether oxygens (including phenoxy) is 1. The summed E-state index contributed by atoms with van der Waals surface area (Å²) in [5.74, 6) is -1.27. The van der Waals surface area contributed by atoms with Crippen LogP contribution < -0.4 is 5.32 Å². The molecule has 0 aliphatic carbocycles. The lowest BCUT2D eigenvalue weighted by Gasteiger charge is -2.16. The number of aryl methyl sites for hydroxylation is 1. The Bertz CT molecular complexity index is 1020. The Hall–Kier alpha value is -3.61. The Balaban J connectivity index is 1.44. The number of amides is 2. The van der Waals surface area contributed by atoms with Crippen molar-refractivity contribution in [1.29, 1.82) is 0 Å². The first-order valence-corrected chi connectivity index (χ1v) is 9.23. The quantitative estimate of drug-likeness (QED) is 0.604. The fraction of sp³-hybridized carbons (Fsp3) is 0.227. The number of para-hydroxylation sites is 1. The molecule has 0 radical (unpaired) electrons. The van der Waals surface area contributed by atoms with Gasteiger partial charge >= 0.3 is 5.97 Å². The van der Waals surface area contributed by atoms with E-state index in [2.05, 4.69) is 10.3 Å². The van der Waals surface area contributed by atoms with E-state index in [1.165, 1.54) is 11.9 Å². The van der Waals surface area contributed by atoms with Gasteiger partial charge in [0.2, 0.25) is 5.91 Å². The standard InChI is InChI=1S/C22H23N3O4/c1-15-7-9-17(10-8-15)24-20(26)13-25(2)21(27)14-29-22(28)11-16-12-23-19-6-4-3-5-18(16)19/h3-10,12,23H,11,13-14H2,1-2H3,(H,24,26). The van der Waals surface area contributed by atoms with Gasteiger partial charge in [-0.2, -0.15) is 0 Å². The van der Waals surface area contributed by atoms with Gasteiger partial charge in [0.05, 0.1) is 13.0 Å². The fourth-order valence-electron chi connectivity index (χ4n) is 2.88. The molecule has 0 aliphatic rings. The number of aromatic nitrogens is 1. The predicted octanol–water partition coefficient (Wildman–Crippen LogP) is 2.66. The van der Waals surface area contributed by atoms with Gasteiger partial charge in [0.25, 0.3) is 5.91 Å². The van der Waals surface area contributed by atoms with Crippen LogP contribution in [0.1, 0.15) is 11.1 Å². The van der Waals surface area contributed by atoms with Gasteiger partial charge in [0, 0.05) is 29.8 Å². The van der Waals surface area contributed by atoms with Crippen LogP contribution in [0.4, 0.5) is 5.69 Å². The summed E-state index contributed by atoms with van der Waals surface area (Å²) in [6.45, 7) is 1.42. The number of carbonyl (C=O) groups is 3. The largest absolute Gasteiger partial charge is 0.455 e. The normalized spacial score (nSPS) is 10.6. The van der Waals surface area contributed by atoms with Crippen LogP contribution in [0, 0.1) is 6.92 Å². The smallest absolute Gasteiger partial charge is 0.310 e. The van der Waals surface area contributed by atoms with Crippen LogP contribution in [0.3, 0.4) is 0 Å². The van der Waals surface area contributed by atoms with Crippen molar-refractivity contribution in [3.8, 4) is 0 Å². The van der Waals surface area contributed by atoms with E-state index < -0.39 is 18.5 Å². The summed E-state index contributed by atoms with van der Waals surface area (Å²) < 4.78 is 5.08. The van der Waals surface area contributed by atoms with E-state index >= 15 is 0 Å². The summed E-state index contributed by atoms with van der Waals surface area (Å²) in [5, 5.41) is 3.67. The minimum Gasteiger partial charge on any atom is -0.455 e. The molecule has 0 atom stereocenters. The van der Waals surface area contributed by atoms with Crippen LogP contribution >= 0.6 is 0 Å². The summed E-state index contributed by atoms with van der Waals surface area (Å²) >= 11 is 0. The zero-order valence-electron chi connectivity index (χ0n) is 16.4. The molecule has 0 spiro atoms. The van der Waals surface area contributed by atoms with Gasteiger partial charge in [-0.05, 0) is 30.7 Å². The number of likely N-dealkylation sites (N-methyl/N-ethyl adjacent to an activating group) is 1. The van der Waals surface area contributed by atoms with Crippen molar-refractivity contribution in [3.63, 3.8) is 0 Å². The lowest BCUT2D eigenvalue weighted by molar-refractivity contribution is -0.151.